The predicted octanol–water partition coefficient (Wildman–Crippen LogP) is 5.71. The van der Waals surface area contributed by atoms with Crippen LogP contribution in [0.5, 0.6) is 0 Å². The number of rotatable bonds is 5. The summed E-state index contributed by atoms with van der Waals surface area (Å²) in [4.78, 5) is 32.7. The zero-order chi connectivity index (χ0) is 23.8. The molecule has 0 aliphatic carbocycles. The van der Waals surface area contributed by atoms with Crippen LogP contribution in [0, 0.1) is 0 Å². The van der Waals surface area contributed by atoms with Gasteiger partial charge in [0, 0.05) is 11.6 Å². The number of fused-ring (bicyclic) bond motifs is 1. The molecule has 2 aromatic carbocycles. The Hall–Kier alpha value is -3.15. The Morgan fingerprint density at radius 2 is 1.76 bits per heavy atom. The van der Waals surface area contributed by atoms with Crippen LogP contribution in [0.4, 0.5) is 24.0 Å². The monoisotopic (exact) mass is 513 g/mol. The van der Waals surface area contributed by atoms with Crippen molar-refractivity contribution in [1.82, 2.24) is 14.5 Å². The van der Waals surface area contributed by atoms with Crippen LogP contribution in [-0.4, -0.2) is 26.3 Å². The van der Waals surface area contributed by atoms with E-state index >= 15 is 0 Å². The van der Waals surface area contributed by atoms with E-state index in [-0.39, 0.29) is 37.5 Å². The summed E-state index contributed by atoms with van der Waals surface area (Å²) in [7, 11) is 0. The van der Waals surface area contributed by atoms with Gasteiger partial charge in [-0.1, -0.05) is 35.3 Å². The van der Waals surface area contributed by atoms with Gasteiger partial charge < -0.3 is 15.2 Å². The molecule has 0 fully saturated rings. The fourth-order valence-electron chi connectivity index (χ4n) is 3.11. The Balaban J connectivity index is 1.73. The molecule has 0 aliphatic heterocycles. The van der Waals surface area contributed by atoms with Crippen molar-refractivity contribution in [2.75, 3.05) is 10.6 Å². The van der Waals surface area contributed by atoms with Crippen molar-refractivity contribution in [1.29, 1.82) is 0 Å². The van der Waals surface area contributed by atoms with Crippen molar-refractivity contribution in [3.63, 3.8) is 0 Å². The van der Waals surface area contributed by atoms with E-state index in [0.717, 1.165) is 15.9 Å². The third-order valence-corrected chi connectivity index (χ3v) is 5.77. The number of benzene rings is 2. The Morgan fingerprint density at radius 1 is 1.06 bits per heavy atom. The van der Waals surface area contributed by atoms with Crippen molar-refractivity contribution in [2.45, 2.75) is 12.7 Å². The van der Waals surface area contributed by atoms with Gasteiger partial charge in [0.25, 0.3) is 5.91 Å². The average molecular weight is 514 g/mol. The Bertz CT molecular complexity index is 1340. The third kappa shape index (κ3) is 4.80. The lowest BCUT2D eigenvalue weighted by Crippen LogP contribution is -2.23. The second-order valence-electron chi connectivity index (χ2n) is 6.63. The van der Waals surface area contributed by atoms with Gasteiger partial charge in [-0.15, -0.1) is 11.3 Å². The van der Waals surface area contributed by atoms with Gasteiger partial charge in [-0.2, -0.15) is 13.2 Å². The van der Waals surface area contributed by atoms with Crippen LogP contribution < -0.4 is 10.6 Å². The standard InChI is InChI=1S/C20H12Cl2F3N5O2S/c21-10-3-1-4-11(22)15(10)17(32)27-12-5-2-6-13-16(12)29-18(20(23,24)25)30(13)9-14(31)28-19-26-7-8-33-19/h1-8H,9H2,(H,27,32)(H,26,28,31). The minimum Gasteiger partial charge on any atom is -0.320 e. The number of halogens is 5. The summed E-state index contributed by atoms with van der Waals surface area (Å²) >= 11 is 13.2. The lowest BCUT2D eigenvalue weighted by atomic mass is 10.2. The molecular weight excluding hydrogens is 502 g/mol. The zero-order valence-corrected chi connectivity index (χ0v) is 18.6. The number of hydrogen-bond acceptors (Lipinski definition) is 5. The topological polar surface area (TPSA) is 88.9 Å². The summed E-state index contributed by atoms with van der Waals surface area (Å²) in [6.07, 6.45) is -3.40. The van der Waals surface area contributed by atoms with E-state index in [9.17, 15) is 22.8 Å². The highest BCUT2D eigenvalue weighted by atomic mass is 35.5. The van der Waals surface area contributed by atoms with Gasteiger partial charge in [-0.25, -0.2) is 9.97 Å². The molecule has 2 aromatic heterocycles. The summed E-state index contributed by atoms with van der Waals surface area (Å²) in [6, 6.07) is 8.66. The van der Waals surface area contributed by atoms with Gasteiger partial charge in [0.1, 0.15) is 12.1 Å². The fraction of sp³-hybridized carbons (Fsp3) is 0.100. The molecule has 0 atom stereocenters. The summed E-state index contributed by atoms with van der Waals surface area (Å²) in [5, 5.41) is 6.96. The second kappa shape index (κ2) is 9.00. The molecule has 0 radical (unpaired) electrons. The first kappa shape index (κ1) is 23.0. The summed E-state index contributed by atoms with van der Waals surface area (Å²) in [5.41, 5.74) is -0.183. The number of nitrogens with one attached hydrogen (secondary N) is 2. The highest BCUT2D eigenvalue weighted by molar-refractivity contribution is 7.13. The van der Waals surface area contributed by atoms with Crippen molar-refractivity contribution in [2.24, 2.45) is 0 Å². The molecule has 4 rings (SSSR count). The van der Waals surface area contributed by atoms with Gasteiger partial charge in [0.05, 0.1) is 26.8 Å². The SMILES string of the molecule is O=C(Cn1c(C(F)(F)F)nc2c(NC(=O)c3c(Cl)cccc3Cl)cccc21)Nc1nccs1. The molecule has 2 N–H and O–H groups in total. The molecule has 7 nitrogen and oxygen atoms in total. The number of imidazole rings is 1. The Kier molecular flexibility index (Phi) is 6.28. The van der Waals surface area contributed by atoms with Crippen LogP contribution in [0.15, 0.2) is 48.0 Å². The lowest BCUT2D eigenvalue weighted by molar-refractivity contribution is -0.147. The van der Waals surface area contributed by atoms with Crippen LogP contribution in [-0.2, 0) is 17.5 Å². The number of aromatic nitrogens is 3. The quantitative estimate of drug-likeness (QED) is 0.357. The van der Waals surface area contributed by atoms with Crippen LogP contribution >= 0.6 is 34.5 Å². The van der Waals surface area contributed by atoms with Crippen LogP contribution in [0.25, 0.3) is 11.0 Å². The number of alkyl halides is 3. The number of amides is 2. The normalized spacial score (nSPS) is 11.5. The van der Waals surface area contributed by atoms with E-state index in [1.807, 2.05) is 0 Å². The molecule has 2 amide bonds. The summed E-state index contributed by atoms with van der Waals surface area (Å²) in [6.45, 7) is -0.668. The molecule has 0 spiro atoms. The molecule has 13 heteroatoms. The van der Waals surface area contributed by atoms with Crippen LogP contribution in [0.2, 0.25) is 10.0 Å². The second-order valence-corrected chi connectivity index (χ2v) is 8.34. The minimum absolute atomic E-state index is 0.000306. The van der Waals surface area contributed by atoms with Crippen LogP contribution in [0.3, 0.4) is 0 Å². The van der Waals surface area contributed by atoms with E-state index in [0.29, 0.717) is 0 Å². The number of carbonyl (C=O) groups excluding carboxylic acids is 2. The van der Waals surface area contributed by atoms with Gasteiger partial charge in [-0.3, -0.25) is 9.59 Å². The number of anilines is 2. The molecule has 33 heavy (non-hydrogen) atoms. The van der Waals surface area contributed by atoms with Crippen molar-refractivity contribution in [3.8, 4) is 0 Å². The molecule has 0 saturated heterocycles. The summed E-state index contributed by atoms with van der Waals surface area (Å²) in [5.74, 6) is -2.72. The molecule has 0 aliphatic rings. The summed E-state index contributed by atoms with van der Waals surface area (Å²) < 4.78 is 41.9. The third-order valence-electron chi connectivity index (χ3n) is 4.45. The lowest BCUT2D eigenvalue weighted by Gasteiger charge is -2.11. The van der Waals surface area contributed by atoms with Gasteiger partial charge in [0.15, 0.2) is 5.13 Å². The van der Waals surface area contributed by atoms with E-state index in [2.05, 4.69) is 20.6 Å². The van der Waals surface area contributed by atoms with Crippen molar-refractivity contribution < 1.29 is 22.8 Å². The largest absolute Gasteiger partial charge is 0.449 e. The minimum atomic E-state index is -4.85. The van der Waals surface area contributed by atoms with Gasteiger partial charge >= 0.3 is 6.18 Å². The first-order valence-electron chi connectivity index (χ1n) is 9.16. The van der Waals surface area contributed by atoms with Gasteiger partial charge in [0.2, 0.25) is 11.7 Å². The smallest absolute Gasteiger partial charge is 0.320 e. The number of hydrogen-bond donors (Lipinski definition) is 2. The van der Waals surface area contributed by atoms with E-state index in [1.165, 1.54) is 36.5 Å². The molecule has 0 saturated carbocycles. The maximum absolute atomic E-state index is 13.7. The Labute approximate surface area is 198 Å². The maximum Gasteiger partial charge on any atom is 0.449 e. The van der Waals surface area contributed by atoms with Crippen molar-refractivity contribution in [3.05, 3.63) is 69.4 Å². The maximum atomic E-state index is 13.7. The molecule has 170 valence electrons. The molecular formula is C20H12Cl2F3N5O2S. The highest BCUT2D eigenvalue weighted by Gasteiger charge is 2.38. The van der Waals surface area contributed by atoms with E-state index < -0.39 is 30.4 Å². The number of para-hydroxylation sites is 1. The fourth-order valence-corrected chi connectivity index (χ4v) is 4.23. The van der Waals surface area contributed by atoms with Crippen molar-refractivity contribution >= 4 is 68.2 Å². The highest BCUT2D eigenvalue weighted by Crippen LogP contribution is 2.34. The Morgan fingerprint density at radius 3 is 2.39 bits per heavy atom. The molecule has 0 unspecified atom stereocenters. The number of thiazole rings is 1. The van der Waals surface area contributed by atoms with E-state index in [4.69, 9.17) is 23.2 Å². The van der Waals surface area contributed by atoms with E-state index in [1.54, 1.807) is 11.4 Å². The first-order valence-corrected chi connectivity index (χ1v) is 10.8. The van der Waals surface area contributed by atoms with Gasteiger partial charge in [-0.05, 0) is 24.3 Å². The molecule has 0 bridgehead atoms. The average Bonchev–Trinajstić information content (AvgIpc) is 3.36. The first-order chi connectivity index (χ1) is 15.6. The number of nitrogens with zero attached hydrogens (tertiary/aromatic N) is 3. The molecule has 2 heterocycles. The number of carbonyl (C=O) groups is 2. The zero-order valence-electron chi connectivity index (χ0n) is 16.3. The van der Waals surface area contributed by atoms with Crippen LogP contribution in [0.1, 0.15) is 16.2 Å². The molecule has 4 aromatic rings. The predicted molar refractivity (Wildman–Crippen MR) is 120 cm³/mol.